The number of carbonyl (C=O) groups is 1. The maximum atomic E-state index is 13.1. The van der Waals surface area contributed by atoms with Gasteiger partial charge in [0.2, 0.25) is 15.9 Å². The minimum Gasteiger partial charge on any atom is -0.495 e. The summed E-state index contributed by atoms with van der Waals surface area (Å²) in [7, 11) is -5.54. The van der Waals surface area contributed by atoms with E-state index in [0.29, 0.717) is 4.31 Å². The molecule has 30 heavy (non-hydrogen) atoms. The summed E-state index contributed by atoms with van der Waals surface area (Å²) in [5.41, 5.74) is -0.0143. The van der Waals surface area contributed by atoms with E-state index in [1.54, 1.807) is 0 Å². The monoisotopic (exact) mass is 474 g/mol. The van der Waals surface area contributed by atoms with Gasteiger partial charge < -0.3 is 9.47 Å². The Morgan fingerprint density at radius 2 is 1.73 bits per heavy atom. The number of benzene rings is 2. The van der Waals surface area contributed by atoms with Crippen LogP contribution in [0.15, 0.2) is 41.3 Å². The third kappa shape index (κ3) is 4.05. The molecule has 1 atom stereocenters. The molecular formula is C18H19ClN2O7S2. The summed E-state index contributed by atoms with van der Waals surface area (Å²) >= 11 is 5.95. The molecule has 3 rings (SSSR count). The van der Waals surface area contributed by atoms with E-state index in [4.69, 9.17) is 21.1 Å². The lowest BCUT2D eigenvalue weighted by Gasteiger charge is -2.19. The van der Waals surface area contributed by atoms with E-state index in [1.807, 2.05) is 0 Å². The second-order valence-corrected chi connectivity index (χ2v) is 10.5. The maximum Gasteiger partial charge on any atom is 0.265 e. The van der Waals surface area contributed by atoms with Crippen LogP contribution in [-0.4, -0.2) is 42.7 Å². The summed E-state index contributed by atoms with van der Waals surface area (Å²) in [4.78, 5) is 12.0. The molecule has 1 heterocycles. The van der Waals surface area contributed by atoms with Crippen molar-refractivity contribution in [3.63, 3.8) is 0 Å². The van der Waals surface area contributed by atoms with Crippen molar-refractivity contribution in [1.82, 2.24) is 0 Å². The van der Waals surface area contributed by atoms with E-state index in [2.05, 4.69) is 4.72 Å². The highest BCUT2D eigenvalue weighted by Gasteiger charge is 2.42. The third-order valence-corrected chi connectivity index (χ3v) is 7.93. The zero-order chi connectivity index (χ0) is 22.3. The smallest absolute Gasteiger partial charge is 0.265 e. The molecule has 12 heteroatoms. The third-order valence-electron chi connectivity index (χ3n) is 4.44. The van der Waals surface area contributed by atoms with Crippen LogP contribution in [0, 0.1) is 5.92 Å². The van der Waals surface area contributed by atoms with E-state index in [1.165, 1.54) is 51.5 Å². The van der Waals surface area contributed by atoms with Gasteiger partial charge in [-0.1, -0.05) is 18.5 Å². The number of anilines is 2. The number of hydrogen-bond donors (Lipinski definition) is 1. The van der Waals surface area contributed by atoms with Crippen molar-refractivity contribution in [2.75, 3.05) is 29.0 Å². The number of nitrogens with zero attached hydrogens (tertiary/aromatic N) is 1. The molecule has 0 aromatic heterocycles. The van der Waals surface area contributed by atoms with Gasteiger partial charge >= 0.3 is 0 Å². The molecule has 1 N–H and O–H groups in total. The Bertz CT molecular complexity index is 1210. The van der Waals surface area contributed by atoms with Gasteiger partial charge in [0.25, 0.3) is 10.0 Å². The lowest BCUT2D eigenvalue weighted by molar-refractivity contribution is -0.119. The molecule has 2 aromatic rings. The highest BCUT2D eigenvalue weighted by molar-refractivity contribution is 7.94. The highest BCUT2D eigenvalue weighted by Crippen LogP contribution is 2.36. The fourth-order valence-corrected chi connectivity index (χ4v) is 6.28. The predicted molar refractivity (Wildman–Crippen MR) is 112 cm³/mol. The Morgan fingerprint density at radius 1 is 1.10 bits per heavy atom. The molecule has 0 radical (unpaired) electrons. The topological polar surface area (TPSA) is 119 Å². The van der Waals surface area contributed by atoms with Gasteiger partial charge in [-0.15, -0.1) is 0 Å². The number of methoxy groups -OCH3 is 2. The van der Waals surface area contributed by atoms with E-state index in [9.17, 15) is 21.6 Å². The van der Waals surface area contributed by atoms with Crippen LogP contribution in [0.2, 0.25) is 5.02 Å². The van der Waals surface area contributed by atoms with Crippen LogP contribution in [0.3, 0.4) is 0 Å². The quantitative estimate of drug-likeness (QED) is 0.682. The van der Waals surface area contributed by atoms with E-state index in [0.717, 1.165) is 6.07 Å². The van der Waals surface area contributed by atoms with Gasteiger partial charge in [-0.2, -0.15) is 0 Å². The van der Waals surface area contributed by atoms with Gasteiger partial charge in [0, 0.05) is 5.02 Å². The van der Waals surface area contributed by atoms with Crippen molar-refractivity contribution < 1.29 is 31.1 Å². The van der Waals surface area contributed by atoms with Crippen molar-refractivity contribution in [3.05, 3.63) is 41.4 Å². The Labute approximate surface area is 179 Å². The van der Waals surface area contributed by atoms with Gasteiger partial charge in [0.15, 0.2) is 0 Å². The Balaban J connectivity index is 2.10. The van der Waals surface area contributed by atoms with Crippen LogP contribution in [-0.2, 0) is 24.8 Å². The molecule has 0 bridgehead atoms. The van der Waals surface area contributed by atoms with E-state index in [-0.39, 0.29) is 38.5 Å². The van der Waals surface area contributed by atoms with Gasteiger partial charge in [0.1, 0.15) is 16.4 Å². The number of nitrogens with one attached hydrogen (secondary N) is 1. The van der Waals surface area contributed by atoms with Gasteiger partial charge in [-0.25, -0.2) is 21.1 Å². The summed E-state index contributed by atoms with van der Waals surface area (Å²) in [5, 5.41) is 0.275. The summed E-state index contributed by atoms with van der Waals surface area (Å²) in [6, 6.07) is 8.06. The Morgan fingerprint density at radius 3 is 2.30 bits per heavy atom. The van der Waals surface area contributed by atoms with Crippen LogP contribution >= 0.6 is 11.6 Å². The summed E-state index contributed by atoms with van der Waals surface area (Å²) in [5.74, 6) is -1.52. The molecule has 0 aliphatic carbocycles. The molecule has 162 valence electrons. The first-order valence-electron chi connectivity index (χ1n) is 8.61. The van der Waals surface area contributed by atoms with Crippen LogP contribution < -0.4 is 18.5 Å². The summed E-state index contributed by atoms with van der Waals surface area (Å²) < 4.78 is 64.2. The zero-order valence-corrected chi connectivity index (χ0v) is 18.6. The van der Waals surface area contributed by atoms with Gasteiger partial charge in [-0.05, 0) is 36.4 Å². The SMILES string of the molecule is COc1ccc(Cl)cc1NS(=O)(=O)c1cc(N2C(=O)C(C)CS2(=O)=O)ccc1OC. The molecule has 0 saturated carbocycles. The van der Waals surface area contributed by atoms with Crippen LogP contribution in [0.5, 0.6) is 11.5 Å². The maximum absolute atomic E-state index is 13.1. The molecule has 1 fully saturated rings. The minimum absolute atomic E-state index is 0.0377. The number of amides is 1. The molecule has 1 unspecified atom stereocenters. The normalized spacial score (nSPS) is 18.3. The first kappa shape index (κ1) is 22.2. The summed E-state index contributed by atoms with van der Waals surface area (Å²) in [6.07, 6.45) is 0. The molecular weight excluding hydrogens is 456 g/mol. The van der Waals surface area contributed by atoms with Crippen molar-refractivity contribution in [2.45, 2.75) is 11.8 Å². The zero-order valence-electron chi connectivity index (χ0n) is 16.2. The lowest BCUT2D eigenvalue weighted by atomic mass is 10.2. The average Bonchev–Trinajstić information content (AvgIpc) is 2.88. The van der Waals surface area contributed by atoms with Gasteiger partial charge in [-0.3, -0.25) is 9.52 Å². The first-order valence-corrected chi connectivity index (χ1v) is 12.1. The number of rotatable bonds is 6. The second-order valence-electron chi connectivity index (χ2n) is 6.57. The van der Waals surface area contributed by atoms with Crippen molar-refractivity contribution in [3.8, 4) is 11.5 Å². The largest absolute Gasteiger partial charge is 0.495 e. The number of sulfonamides is 2. The first-order chi connectivity index (χ1) is 14.0. The van der Waals surface area contributed by atoms with Crippen molar-refractivity contribution in [2.24, 2.45) is 5.92 Å². The highest BCUT2D eigenvalue weighted by atomic mass is 35.5. The van der Waals surface area contributed by atoms with E-state index >= 15 is 0 Å². The Hall–Kier alpha value is -2.50. The molecule has 0 spiro atoms. The molecule has 1 aliphatic heterocycles. The molecule has 9 nitrogen and oxygen atoms in total. The molecule has 1 saturated heterocycles. The predicted octanol–water partition coefficient (Wildman–Crippen LogP) is 2.47. The second kappa shape index (κ2) is 7.97. The minimum atomic E-state index is -4.27. The fourth-order valence-electron chi connectivity index (χ4n) is 3.05. The van der Waals surface area contributed by atoms with Crippen LogP contribution in [0.4, 0.5) is 11.4 Å². The fraction of sp³-hybridized carbons (Fsp3) is 0.278. The summed E-state index contributed by atoms with van der Waals surface area (Å²) in [6.45, 7) is 1.49. The van der Waals surface area contributed by atoms with Crippen LogP contribution in [0.25, 0.3) is 0 Å². The molecule has 2 aromatic carbocycles. The molecule has 1 aliphatic rings. The standard InChI is InChI=1S/C18H19ClN2O7S2/c1-11-10-29(23,24)21(18(11)22)13-5-7-16(28-3)17(9-13)30(25,26)20-14-8-12(19)4-6-15(14)27-2/h4-9,11,20H,10H2,1-3H3. The Kier molecular flexibility index (Phi) is 5.89. The lowest BCUT2D eigenvalue weighted by Crippen LogP contribution is -2.30. The van der Waals surface area contributed by atoms with Gasteiger partial charge in [0.05, 0.1) is 37.3 Å². The number of ether oxygens (including phenoxy) is 2. The van der Waals surface area contributed by atoms with E-state index < -0.39 is 31.9 Å². The number of hydrogen-bond acceptors (Lipinski definition) is 7. The molecule has 1 amide bonds. The van der Waals surface area contributed by atoms with Crippen LogP contribution in [0.1, 0.15) is 6.92 Å². The van der Waals surface area contributed by atoms with Crippen molar-refractivity contribution in [1.29, 1.82) is 0 Å². The average molecular weight is 475 g/mol. The number of carbonyl (C=O) groups excluding carboxylic acids is 1. The number of halogens is 1. The van der Waals surface area contributed by atoms with Crippen molar-refractivity contribution >= 4 is 48.9 Å².